The zero-order valence-corrected chi connectivity index (χ0v) is 14.9. The van der Waals surface area contributed by atoms with Gasteiger partial charge in [0.25, 0.3) is 0 Å². The van der Waals surface area contributed by atoms with Gasteiger partial charge in [-0.1, -0.05) is 68.2 Å². The first-order valence-corrected chi connectivity index (χ1v) is 7.75. The molecule has 0 spiro atoms. The lowest BCUT2D eigenvalue weighted by Gasteiger charge is -2.19. The van der Waals surface area contributed by atoms with Crippen LogP contribution in [-0.4, -0.2) is 14.9 Å². The molecule has 2 rings (SSSR count). The molecule has 0 aliphatic heterocycles. The highest BCUT2D eigenvalue weighted by atomic mass is 35.5. The maximum absolute atomic E-state index is 10.5. The summed E-state index contributed by atoms with van der Waals surface area (Å²) in [6.45, 7) is 6.32. The van der Waals surface area contributed by atoms with E-state index in [1.807, 2.05) is 18.2 Å². The number of rotatable bonds is 2. The van der Waals surface area contributed by atoms with E-state index in [1.165, 1.54) is 4.68 Å². The number of hydrogen-bond acceptors (Lipinski definition) is 3. The first kappa shape index (κ1) is 17.4. The smallest absolute Gasteiger partial charge is 0.163 e. The summed E-state index contributed by atoms with van der Waals surface area (Å²) in [7, 11) is 1.61. The van der Waals surface area contributed by atoms with Crippen LogP contribution in [0.15, 0.2) is 24.3 Å². The van der Waals surface area contributed by atoms with Crippen molar-refractivity contribution in [1.29, 1.82) is 5.26 Å². The largest absolute Gasteiger partial charge is 0.506 e. The van der Waals surface area contributed by atoms with Gasteiger partial charge in [-0.3, -0.25) is 4.68 Å². The highest BCUT2D eigenvalue weighted by molar-refractivity contribution is 6.36. The normalized spacial score (nSPS) is 12.7. The SMILES string of the molecule is Cn1nc(Cl)c(C(O)=C(C#N)c2ccc(C(C)(C)C)cc2)c1Cl. The summed E-state index contributed by atoms with van der Waals surface area (Å²) in [5.41, 5.74) is 1.99. The number of halogens is 2. The van der Waals surface area contributed by atoms with Crippen molar-refractivity contribution in [3.05, 3.63) is 51.3 Å². The monoisotopic (exact) mass is 349 g/mol. The van der Waals surface area contributed by atoms with Crippen molar-refractivity contribution in [2.24, 2.45) is 7.05 Å². The van der Waals surface area contributed by atoms with Crippen LogP contribution in [0.1, 0.15) is 37.5 Å². The molecule has 0 fully saturated rings. The fourth-order valence-electron chi connectivity index (χ4n) is 2.18. The van der Waals surface area contributed by atoms with Crippen LogP contribution >= 0.6 is 23.2 Å². The Morgan fingerprint density at radius 3 is 2.17 bits per heavy atom. The molecule has 0 atom stereocenters. The van der Waals surface area contributed by atoms with Crippen molar-refractivity contribution in [3.8, 4) is 6.07 Å². The van der Waals surface area contributed by atoms with Crippen LogP contribution in [0.2, 0.25) is 10.3 Å². The Balaban J connectivity index is 2.57. The summed E-state index contributed by atoms with van der Waals surface area (Å²) < 4.78 is 1.34. The predicted octanol–water partition coefficient (Wildman–Crippen LogP) is 4.97. The van der Waals surface area contributed by atoms with E-state index in [9.17, 15) is 10.4 Å². The van der Waals surface area contributed by atoms with Crippen LogP contribution < -0.4 is 0 Å². The Morgan fingerprint density at radius 2 is 1.78 bits per heavy atom. The molecule has 120 valence electrons. The average molecular weight is 350 g/mol. The van der Waals surface area contributed by atoms with E-state index < -0.39 is 0 Å². The summed E-state index contributed by atoms with van der Waals surface area (Å²) in [4.78, 5) is 0. The van der Waals surface area contributed by atoms with E-state index in [-0.39, 0.29) is 32.6 Å². The Kier molecular flexibility index (Phi) is 4.74. The number of allylic oxidation sites excluding steroid dienone is 1. The van der Waals surface area contributed by atoms with E-state index in [0.29, 0.717) is 5.56 Å². The molecular weight excluding hydrogens is 333 g/mol. The number of aliphatic hydroxyl groups is 1. The predicted molar refractivity (Wildman–Crippen MR) is 93.4 cm³/mol. The molecule has 0 radical (unpaired) electrons. The van der Waals surface area contributed by atoms with Crippen molar-refractivity contribution in [1.82, 2.24) is 9.78 Å². The van der Waals surface area contributed by atoms with Gasteiger partial charge in [0.15, 0.2) is 5.15 Å². The minimum absolute atomic E-state index is 0.00701. The third-order valence-corrected chi connectivity index (χ3v) is 4.26. The number of nitrogens with zero attached hydrogens (tertiary/aromatic N) is 3. The van der Waals surface area contributed by atoms with Crippen LogP contribution in [0.5, 0.6) is 0 Å². The van der Waals surface area contributed by atoms with Gasteiger partial charge in [0, 0.05) is 7.05 Å². The fraction of sp³-hybridized carbons (Fsp3) is 0.294. The standard InChI is InChI=1S/C17H17Cl2N3O/c1-17(2,3)11-7-5-10(6-8-11)12(9-20)14(23)13-15(18)21-22(4)16(13)19/h5-8,23H,1-4H3. The third-order valence-electron chi connectivity index (χ3n) is 3.56. The zero-order chi connectivity index (χ0) is 17.4. The van der Waals surface area contributed by atoms with Gasteiger partial charge in [-0.2, -0.15) is 10.4 Å². The molecule has 4 nitrogen and oxygen atoms in total. The van der Waals surface area contributed by atoms with Crippen molar-refractivity contribution in [2.45, 2.75) is 26.2 Å². The van der Waals surface area contributed by atoms with E-state index in [2.05, 4.69) is 25.9 Å². The quantitative estimate of drug-likeness (QED) is 0.614. The lowest BCUT2D eigenvalue weighted by atomic mass is 9.86. The van der Waals surface area contributed by atoms with Crippen LogP contribution in [0.3, 0.4) is 0 Å². The summed E-state index contributed by atoms with van der Waals surface area (Å²) >= 11 is 12.1. The van der Waals surface area contributed by atoms with Crippen molar-refractivity contribution >= 4 is 34.5 Å². The Bertz CT molecular complexity index is 806. The third kappa shape index (κ3) is 3.36. The van der Waals surface area contributed by atoms with Gasteiger partial charge in [0.2, 0.25) is 0 Å². The van der Waals surface area contributed by atoms with E-state index >= 15 is 0 Å². The van der Waals surface area contributed by atoms with Gasteiger partial charge in [-0.25, -0.2) is 0 Å². The summed E-state index contributed by atoms with van der Waals surface area (Å²) in [6.07, 6.45) is 0. The van der Waals surface area contributed by atoms with Gasteiger partial charge >= 0.3 is 0 Å². The van der Waals surface area contributed by atoms with Gasteiger partial charge < -0.3 is 5.11 Å². The highest BCUT2D eigenvalue weighted by Crippen LogP contribution is 2.34. The first-order chi connectivity index (χ1) is 10.7. The highest BCUT2D eigenvalue weighted by Gasteiger charge is 2.21. The average Bonchev–Trinajstić information content (AvgIpc) is 2.72. The summed E-state index contributed by atoms with van der Waals surface area (Å²) in [6, 6.07) is 9.49. The molecule has 0 saturated heterocycles. The molecule has 0 amide bonds. The Morgan fingerprint density at radius 1 is 1.22 bits per heavy atom. The second kappa shape index (κ2) is 6.27. The molecule has 0 bridgehead atoms. The topological polar surface area (TPSA) is 61.8 Å². The minimum Gasteiger partial charge on any atom is -0.506 e. The maximum atomic E-state index is 10.5. The van der Waals surface area contributed by atoms with E-state index in [1.54, 1.807) is 19.2 Å². The van der Waals surface area contributed by atoms with Crippen LogP contribution in [0.4, 0.5) is 0 Å². The Hall–Kier alpha value is -1.96. The molecule has 1 aromatic carbocycles. The number of benzene rings is 1. The number of hydrogen-bond donors (Lipinski definition) is 1. The molecule has 0 saturated carbocycles. The van der Waals surface area contributed by atoms with Crippen LogP contribution in [0.25, 0.3) is 11.3 Å². The second-order valence-electron chi connectivity index (χ2n) is 6.24. The first-order valence-electron chi connectivity index (χ1n) is 6.99. The molecule has 1 N–H and O–H groups in total. The minimum atomic E-state index is -0.279. The molecular formula is C17H17Cl2N3O. The molecule has 1 aromatic heterocycles. The maximum Gasteiger partial charge on any atom is 0.163 e. The van der Waals surface area contributed by atoms with E-state index in [4.69, 9.17) is 23.2 Å². The molecule has 6 heteroatoms. The van der Waals surface area contributed by atoms with Gasteiger partial charge in [-0.15, -0.1) is 0 Å². The van der Waals surface area contributed by atoms with Gasteiger partial charge in [0.05, 0.1) is 5.56 Å². The molecule has 23 heavy (non-hydrogen) atoms. The van der Waals surface area contributed by atoms with Crippen LogP contribution in [-0.2, 0) is 12.5 Å². The van der Waals surface area contributed by atoms with Crippen molar-refractivity contribution in [2.75, 3.05) is 0 Å². The molecule has 0 aliphatic carbocycles. The van der Waals surface area contributed by atoms with Crippen molar-refractivity contribution < 1.29 is 5.11 Å². The second-order valence-corrected chi connectivity index (χ2v) is 6.96. The summed E-state index contributed by atoms with van der Waals surface area (Å²) in [5, 5.41) is 24.1. The number of aliphatic hydroxyl groups excluding tert-OH is 1. The van der Waals surface area contributed by atoms with Gasteiger partial charge in [-0.05, 0) is 16.5 Å². The lowest BCUT2D eigenvalue weighted by molar-refractivity contribution is 0.514. The van der Waals surface area contributed by atoms with Crippen LogP contribution in [0, 0.1) is 11.3 Å². The summed E-state index contributed by atoms with van der Waals surface area (Å²) in [5.74, 6) is -0.279. The zero-order valence-electron chi connectivity index (χ0n) is 13.4. The lowest BCUT2D eigenvalue weighted by Crippen LogP contribution is -2.10. The van der Waals surface area contributed by atoms with E-state index in [0.717, 1.165) is 5.56 Å². The molecule has 1 heterocycles. The molecule has 2 aromatic rings. The Labute approximate surface area is 145 Å². The number of nitriles is 1. The van der Waals surface area contributed by atoms with Gasteiger partial charge in [0.1, 0.15) is 22.6 Å². The molecule has 0 unspecified atom stereocenters. The number of aryl methyl sites for hydroxylation is 1. The fourth-order valence-corrected chi connectivity index (χ4v) is 2.74. The molecule has 0 aliphatic rings. The number of aromatic nitrogens is 2. The van der Waals surface area contributed by atoms with Crippen molar-refractivity contribution in [3.63, 3.8) is 0 Å².